The number of likely N-dealkylation sites (tertiary alicyclic amines) is 2. The van der Waals surface area contributed by atoms with E-state index in [0.29, 0.717) is 24.4 Å². The zero-order valence-corrected chi connectivity index (χ0v) is 11.8. The third kappa shape index (κ3) is 2.86. The van der Waals surface area contributed by atoms with Crippen molar-refractivity contribution in [3.8, 4) is 0 Å². The molecule has 0 saturated carbocycles. The highest BCUT2D eigenvalue weighted by molar-refractivity contribution is 5.78. The normalized spacial score (nSPS) is 30.9. The maximum Gasteiger partial charge on any atom is 0.225 e. The third-order valence-electron chi connectivity index (χ3n) is 4.68. The zero-order chi connectivity index (χ0) is 13.1. The maximum absolute atomic E-state index is 12.3. The quantitative estimate of drug-likeness (QED) is 0.813. The van der Waals surface area contributed by atoms with Crippen LogP contribution >= 0.6 is 0 Å². The molecule has 0 spiro atoms. The van der Waals surface area contributed by atoms with Crippen molar-refractivity contribution in [3.05, 3.63) is 0 Å². The molecule has 3 atom stereocenters. The van der Waals surface area contributed by atoms with Crippen LogP contribution in [0.2, 0.25) is 0 Å². The first-order valence-corrected chi connectivity index (χ1v) is 7.32. The lowest BCUT2D eigenvalue weighted by atomic mass is 9.84. The average molecular weight is 253 g/mol. The van der Waals surface area contributed by atoms with Crippen molar-refractivity contribution in [2.75, 3.05) is 33.2 Å². The Hall–Kier alpha value is -0.610. The van der Waals surface area contributed by atoms with Gasteiger partial charge in [-0.05, 0) is 51.7 Å². The van der Waals surface area contributed by atoms with Gasteiger partial charge in [-0.3, -0.25) is 4.79 Å². The van der Waals surface area contributed by atoms with E-state index in [1.54, 1.807) is 0 Å². The van der Waals surface area contributed by atoms with Gasteiger partial charge in [-0.15, -0.1) is 0 Å². The Bertz CT molecular complexity index is 295. The molecule has 3 unspecified atom stereocenters. The van der Waals surface area contributed by atoms with Crippen molar-refractivity contribution in [1.82, 2.24) is 9.80 Å². The summed E-state index contributed by atoms with van der Waals surface area (Å²) >= 11 is 0. The molecule has 2 aliphatic heterocycles. The summed E-state index contributed by atoms with van der Waals surface area (Å²) in [4.78, 5) is 16.9. The zero-order valence-electron chi connectivity index (χ0n) is 11.8. The predicted molar refractivity (Wildman–Crippen MR) is 73.2 cm³/mol. The first-order valence-electron chi connectivity index (χ1n) is 7.32. The summed E-state index contributed by atoms with van der Waals surface area (Å²) in [5.41, 5.74) is 5.54. The standard InChI is InChI=1S/C14H27N3O/c1-11(5-7-15)14(18)17-9-6-13-12(10-17)4-3-8-16(13)2/h11-13H,3-10,15H2,1-2H3. The molecular formula is C14H27N3O. The molecule has 0 aliphatic carbocycles. The Morgan fingerprint density at radius 1 is 1.39 bits per heavy atom. The smallest absolute Gasteiger partial charge is 0.225 e. The number of fused-ring (bicyclic) bond motifs is 1. The summed E-state index contributed by atoms with van der Waals surface area (Å²) in [6.07, 6.45) is 4.51. The lowest BCUT2D eigenvalue weighted by molar-refractivity contribution is -0.138. The highest BCUT2D eigenvalue weighted by atomic mass is 16.2. The van der Waals surface area contributed by atoms with Gasteiger partial charge in [-0.25, -0.2) is 0 Å². The molecule has 2 heterocycles. The molecular weight excluding hydrogens is 226 g/mol. The summed E-state index contributed by atoms with van der Waals surface area (Å²) < 4.78 is 0. The molecule has 0 aromatic rings. The summed E-state index contributed by atoms with van der Waals surface area (Å²) in [6.45, 7) is 5.73. The maximum atomic E-state index is 12.3. The van der Waals surface area contributed by atoms with Crippen LogP contribution in [0.4, 0.5) is 0 Å². The second kappa shape index (κ2) is 6.02. The minimum atomic E-state index is 0.0906. The number of nitrogens with zero attached hydrogens (tertiary/aromatic N) is 2. The van der Waals surface area contributed by atoms with Gasteiger partial charge < -0.3 is 15.5 Å². The van der Waals surface area contributed by atoms with E-state index in [1.165, 1.54) is 19.4 Å². The van der Waals surface area contributed by atoms with Crippen LogP contribution in [-0.2, 0) is 4.79 Å². The topological polar surface area (TPSA) is 49.6 Å². The van der Waals surface area contributed by atoms with Crippen molar-refractivity contribution >= 4 is 5.91 Å². The van der Waals surface area contributed by atoms with Gasteiger partial charge in [0, 0.05) is 25.0 Å². The number of hydrogen-bond donors (Lipinski definition) is 1. The van der Waals surface area contributed by atoms with Crippen LogP contribution in [0.15, 0.2) is 0 Å². The Kier molecular flexibility index (Phi) is 4.62. The molecule has 2 saturated heterocycles. The first kappa shape index (κ1) is 13.8. The average Bonchev–Trinajstić information content (AvgIpc) is 2.38. The highest BCUT2D eigenvalue weighted by Gasteiger charge is 2.36. The minimum absolute atomic E-state index is 0.0906. The second-order valence-electron chi connectivity index (χ2n) is 6.00. The molecule has 2 N–H and O–H groups in total. The summed E-state index contributed by atoms with van der Waals surface area (Å²) in [6, 6.07) is 0.701. The Morgan fingerprint density at radius 2 is 2.17 bits per heavy atom. The molecule has 18 heavy (non-hydrogen) atoms. The van der Waals surface area contributed by atoms with E-state index < -0.39 is 0 Å². The van der Waals surface area contributed by atoms with E-state index in [1.807, 2.05) is 6.92 Å². The van der Waals surface area contributed by atoms with Crippen molar-refractivity contribution in [3.63, 3.8) is 0 Å². The van der Waals surface area contributed by atoms with Crippen LogP contribution in [0, 0.1) is 11.8 Å². The molecule has 4 heteroatoms. The van der Waals surface area contributed by atoms with Gasteiger partial charge >= 0.3 is 0 Å². The van der Waals surface area contributed by atoms with Crippen LogP contribution in [0.25, 0.3) is 0 Å². The molecule has 2 aliphatic rings. The van der Waals surface area contributed by atoms with Gasteiger partial charge in [0.05, 0.1) is 0 Å². The third-order valence-corrected chi connectivity index (χ3v) is 4.68. The molecule has 1 amide bonds. The number of amides is 1. The molecule has 0 bridgehead atoms. The van der Waals surface area contributed by atoms with Crippen LogP contribution in [0.1, 0.15) is 32.6 Å². The number of carbonyl (C=O) groups excluding carboxylic acids is 1. The Morgan fingerprint density at radius 3 is 2.89 bits per heavy atom. The van der Waals surface area contributed by atoms with Crippen LogP contribution in [-0.4, -0.2) is 55.0 Å². The van der Waals surface area contributed by atoms with E-state index in [4.69, 9.17) is 5.73 Å². The SMILES string of the molecule is CC(CCN)C(=O)N1CCC2C(CCCN2C)C1. The number of rotatable bonds is 3. The van der Waals surface area contributed by atoms with Gasteiger partial charge in [0.15, 0.2) is 0 Å². The molecule has 0 aromatic heterocycles. The monoisotopic (exact) mass is 253 g/mol. The van der Waals surface area contributed by atoms with Crippen molar-refractivity contribution in [1.29, 1.82) is 0 Å². The lowest BCUT2D eigenvalue weighted by Gasteiger charge is -2.46. The van der Waals surface area contributed by atoms with Crippen molar-refractivity contribution in [2.45, 2.75) is 38.6 Å². The van der Waals surface area contributed by atoms with E-state index in [-0.39, 0.29) is 5.92 Å². The van der Waals surface area contributed by atoms with E-state index >= 15 is 0 Å². The predicted octanol–water partition coefficient (Wildman–Crippen LogP) is 0.914. The summed E-state index contributed by atoms with van der Waals surface area (Å²) in [5, 5.41) is 0. The number of nitrogens with two attached hydrogens (primary N) is 1. The van der Waals surface area contributed by atoms with Crippen LogP contribution < -0.4 is 5.73 Å². The van der Waals surface area contributed by atoms with Crippen molar-refractivity contribution in [2.24, 2.45) is 17.6 Å². The molecule has 104 valence electrons. The van der Waals surface area contributed by atoms with Gasteiger partial charge in [0.1, 0.15) is 0 Å². The molecule has 0 radical (unpaired) electrons. The number of carbonyl (C=O) groups is 1. The fourth-order valence-corrected chi connectivity index (χ4v) is 3.54. The first-order chi connectivity index (χ1) is 8.63. The second-order valence-corrected chi connectivity index (χ2v) is 6.00. The fraction of sp³-hybridized carbons (Fsp3) is 0.929. The molecule has 0 aromatic carbocycles. The summed E-state index contributed by atoms with van der Waals surface area (Å²) in [5.74, 6) is 1.09. The largest absolute Gasteiger partial charge is 0.342 e. The van der Waals surface area contributed by atoms with Gasteiger partial charge in [0.2, 0.25) is 5.91 Å². The van der Waals surface area contributed by atoms with Crippen molar-refractivity contribution < 1.29 is 4.79 Å². The number of hydrogen-bond acceptors (Lipinski definition) is 3. The van der Waals surface area contributed by atoms with Gasteiger partial charge in [-0.1, -0.05) is 6.92 Å². The Labute approximate surface area is 110 Å². The minimum Gasteiger partial charge on any atom is -0.342 e. The van der Waals surface area contributed by atoms with E-state index in [2.05, 4.69) is 16.8 Å². The fourth-order valence-electron chi connectivity index (χ4n) is 3.54. The number of piperidine rings is 2. The van der Waals surface area contributed by atoms with Crippen LogP contribution in [0.5, 0.6) is 0 Å². The molecule has 2 rings (SSSR count). The van der Waals surface area contributed by atoms with E-state index in [0.717, 1.165) is 25.9 Å². The lowest BCUT2D eigenvalue weighted by Crippen LogP contribution is -2.54. The molecule has 2 fully saturated rings. The van der Waals surface area contributed by atoms with Gasteiger partial charge in [-0.2, -0.15) is 0 Å². The highest BCUT2D eigenvalue weighted by Crippen LogP contribution is 2.30. The summed E-state index contributed by atoms with van der Waals surface area (Å²) in [7, 11) is 2.23. The van der Waals surface area contributed by atoms with E-state index in [9.17, 15) is 4.79 Å². The van der Waals surface area contributed by atoms with Crippen LogP contribution in [0.3, 0.4) is 0 Å². The Balaban J connectivity index is 1.92. The molecule has 4 nitrogen and oxygen atoms in total. The van der Waals surface area contributed by atoms with Gasteiger partial charge in [0.25, 0.3) is 0 Å².